The maximum Gasteiger partial charge on any atom is 0.220 e. The van der Waals surface area contributed by atoms with E-state index in [4.69, 9.17) is 0 Å². The van der Waals surface area contributed by atoms with Gasteiger partial charge < -0.3 is 5.11 Å². The molecule has 204 valence electrons. The van der Waals surface area contributed by atoms with E-state index < -0.39 is 0 Å². The molecule has 2 nitrogen and oxygen atoms in total. The summed E-state index contributed by atoms with van der Waals surface area (Å²) in [5.41, 5.74) is 11.0. The SMILES string of the molecule is [O-]c1ccc(-[n+]2c(-c3ccccc3)cc(-c3ccccc3)cc2-c2ccccc2)c(-c2ccccc2)c1-c1ccccc1. The lowest BCUT2D eigenvalue weighted by atomic mass is 9.91. The number of pyridine rings is 1. The third kappa shape index (κ3) is 5.11. The van der Waals surface area contributed by atoms with Crippen molar-refractivity contribution in [3.8, 4) is 67.3 Å². The average molecular weight is 552 g/mol. The van der Waals surface area contributed by atoms with E-state index in [1.54, 1.807) is 6.07 Å². The number of rotatable bonds is 6. The van der Waals surface area contributed by atoms with Crippen molar-refractivity contribution in [2.75, 3.05) is 0 Å². The molecule has 0 aliphatic carbocycles. The summed E-state index contributed by atoms with van der Waals surface area (Å²) in [7, 11) is 0. The first kappa shape index (κ1) is 26.2. The normalized spacial score (nSPS) is 10.9. The van der Waals surface area contributed by atoms with Crippen molar-refractivity contribution in [1.29, 1.82) is 0 Å². The van der Waals surface area contributed by atoms with Gasteiger partial charge in [0, 0.05) is 29.3 Å². The Morgan fingerprint density at radius 2 is 0.698 bits per heavy atom. The minimum Gasteiger partial charge on any atom is -0.872 e. The quantitative estimate of drug-likeness (QED) is 0.189. The molecule has 0 N–H and O–H groups in total. The zero-order valence-electron chi connectivity index (χ0n) is 23.6. The van der Waals surface area contributed by atoms with E-state index in [-0.39, 0.29) is 5.75 Å². The number of hydrogen-bond donors (Lipinski definition) is 0. The molecule has 0 atom stereocenters. The first-order chi connectivity index (χ1) is 21.3. The fourth-order valence-electron chi connectivity index (χ4n) is 5.84. The van der Waals surface area contributed by atoms with Gasteiger partial charge in [0.1, 0.15) is 0 Å². The Labute approximate surface area is 252 Å². The summed E-state index contributed by atoms with van der Waals surface area (Å²) < 4.78 is 2.32. The highest BCUT2D eigenvalue weighted by molar-refractivity contribution is 5.91. The number of aromatic nitrogens is 1. The van der Waals surface area contributed by atoms with Crippen LogP contribution in [0.3, 0.4) is 0 Å². The van der Waals surface area contributed by atoms with E-state index in [1.165, 1.54) is 0 Å². The van der Waals surface area contributed by atoms with Crippen LogP contribution < -0.4 is 9.67 Å². The van der Waals surface area contributed by atoms with Crippen molar-refractivity contribution in [2.24, 2.45) is 0 Å². The molecular formula is C41H29NO. The highest BCUT2D eigenvalue weighted by Crippen LogP contribution is 2.42. The average Bonchev–Trinajstić information content (AvgIpc) is 3.09. The van der Waals surface area contributed by atoms with Gasteiger partial charge in [-0.2, -0.15) is 4.57 Å². The molecule has 7 aromatic rings. The second-order valence-electron chi connectivity index (χ2n) is 10.5. The molecule has 0 bridgehead atoms. The van der Waals surface area contributed by atoms with E-state index in [2.05, 4.69) is 102 Å². The van der Waals surface area contributed by atoms with Crippen LogP contribution in [0.2, 0.25) is 0 Å². The van der Waals surface area contributed by atoms with Gasteiger partial charge in [-0.3, -0.25) is 0 Å². The minimum atomic E-state index is -0.00201. The van der Waals surface area contributed by atoms with Gasteiger partial charge >= 0.3 is 0 Å². The van der Waals surface area contributed by atoms with Gasteiger partial charge in [-0.25, -0.2) is 0 Å². The number of nitrogens with zero attached hydrogens (tertiary/aromatic N) is 1. The van der Waals surface area contributed by atoms with E-state index in [0.29, 0.717) is 5.56 Å². The molecule has 43 heavy (non-hydrogen) atoms. The van der Waals surface area contributed by atoms with Crippen LogP contribution in [-0.4, -0.2) is 0 Å². The molecule has 0 saturated heterocycles. The maximum absolute atomic E-state index is 13.7. The fourth-order valence-corrected chi connectivity index (χ4v) is 5.84. The monoisotopic (exact) mass is 551 g/mol. The summed E-state index contributed by atoms with van der Waals surface area (Å²) in [6, 6.07) is 60.0. The zero-order chi connectivity index (χ0) is 29.0. The van der Waals surface area contributed by atoms with Crippen molar-refractivity contribution in [3.05, 3.63) is 176 Å². The van der Waals surface area contributed by atoms with Gasteiger partial charge in [0.2, 0.25) is 17.1 Å². The Kier molecular flexibility index (Phi) is 7.09. The van der Waals surface area contributed by atoms with Crippen LogP contribution in [-0.2, 0) is 0 Å². The topological polar surface area (TPSA) is 26.9 Å². The lowest BCUT2D eigenvalue weighted by Crippen LogP contribution is -2.37. The highest BCUT2D eigenvalue weighted by Gasteiger charge is 2.29. The molecule has 0 amide bonds. The van der Waals surface area contributed by atoms with Crippen molar-refractivity contribution in [1.82, 2.24) is 0 Å². The van der Waals surface area contributed by atoms with Crippen LogP contribution >= 0.6 is 0 Å². The standard InChI is InChI=1S/C41H29NO/c43-39-27-26-36(40(33-22-12-4-13-23-33)41(39)34-24-14-5-15-25-34)42-37(31-18-8-2-9-19-31)28-35(30-16-6-1-7-17-30)29-38(42)32-20-10-3-11-21-32/h1-29H. The minimum absolute atomic E-state index is 0.00201. The molecule has 1 heterocycles. The Morgan fingerprint density at radius 1 is 0.326 bits per heavy atom. The van der Waals surface area contributed by atoms with Gasteiger partial charge in [0.15, 0.2) is 0 Å². The molecule has 7 rings (SSSR count). The predicted molar refractivity (Wildman–Crippen MR) is 175 cm³/mol. The van der Waals surface area contributed by atoms with Crippen molar-refractivity contribution in [2.45, 2.75) is 0 Å². The van der Waals surface area contributed by atoms with Crippen LogP contribution in [0.25, 0.3) is 61.6 Å². The first-order valence-corrected chi connectivity index (χ1v) is 14.5. The largest absolute Gasteiger partial charge is 0.872 e. The van der Waals surface area contributed by atoms with Crippen LogP contribution in [0.1, 0.15) is 0 Å². The van der Waals surface area contributed by atoms with E-state index in [9.17, 15) is 5.11 Å². The molecule has 0 radical (unpaired) electrons. The predicted octanol–water partition coefficient (Wildman–Crippen LogP) is 9.37. The van der Waals surface area contributed by atoms with Crippen molar-refractivity contribution in [3.63, 3.8) is 0 Å². The summed E-state index contributed by atoms with van der Waals surface area (Å²) in [6.07, 6.45) is 0. The van der Waals surface area contributed by atoms with Crippen LogP contribution in [0.5, 0.6) is 5.75 Å². The molecule has 0 aliphatic heterocycles. The summed E-state index contributed by atoms with van der Waals surface area (Å²) in [6.45, 7) is 0. The Morgan fingerprint density at radius 3 is 1.14 bits per heavy atom. The second kappa shape index (κ2) is 11.6. The molecule has 6 aromatic carbocycles. The lowest BCUT2D eigenvalue weighted by Gasteiger charge is -2.21. The van der Waals surface area contributed by atoms with Crippen molar-refractivity contribution < 1.29 is 9.67 Å². The van der Waals surface area contributed by atoms with E-state index in [1.807, 2.05) is 72.8 Å². The summed E-state index contributed by atoms with van der Waals surface area (Å²) in [4.78, 5) is 0. The Balaban J connectivity index is 1.65. The van der Waals surface area contributed by atoms with E-state index >= 15 is 0 Å². The van der Waals surface area contributed by atoms with Crippen LogP contribution in [0.4, 0.5) is 0 Å². The van der Waals surface area contributed by atoms with Crippen molar-refractivity contribution >= 4 is 0 Å². The third-order valence-corrected chi connectivity index (χ3v) is 7.82. The summed E-state index contributed by atoms with van der Waals surface area (Å²) in [5.74, 6) is -0.00201. The molecule has 0 aliphatic rings. The molecule has 0 fully saturated rings. The number of benzene rings is 6. The molecule has 0 saturated carbocycles. The van der Waals surface area contributed by atoms with Crippen LogP contribution in [0.15, 0.2) is 176 Å². The molecule has 0 unspecified atom stereocenters. The zero-order valence-corrected chi connectivity index (χ0v) is 23.6. The van der Waals surface area contributed by atoms with Gasteiger partial charge in [0.05, 0.1) is 5.56 Å². The maximum atomic E-state index is 13.7. The lowest BCUT2D eigenvalue weighted by molar-refractivity contribution is -0.571. The first-order valence-electron chi connectivity index (χ1n) is 14.5. The number of hydrogen-bond acceptors (Lipinski definition) is 1. The second-order valence-corrected chi connectivity index (χ2v) is 10.5. The molecular weight excluding hydrogens is 522 g/mol. The molecule has 1 aromatic heterocycles. The molecule has 0 spiro atoms. The molecule has 2 heteroatoms. The Hall–Kier alpha value is -5.73. The smallest absolute Gasteiger partial charge is 0.220 e. The highest BCUT2D eigenvalue weighted by atomic mass is 16.3. The van der Waals surface area contributed by atoms with Gasteiger partial charge in [0.25, 0.3) is 0 Å². The summed E-state index contributed by atoms with van der Waals surface area (Å²) >= 11 is 0. The summed E-state index contributed by atoms with van der Waals surface area (Å²) in [5, 5.41) is 13.7. The fraction of sp³-hybridized carbons (Fsp3) is 0. The van der Waals surface area contributed by atoms with Gasteiger partial charge in [-0.1, -0.05) is 139 Å². The van der Waals surface area contributed by atoms with Crippen LogP contribution in [0, 0.1) is 0 Å². The Bertz CT molecular complexity index is 1930. The van der Waals surface area contributed by atoms with E-state index in [0.717, 1.165) is 56.0 Å². The third-order valence-electron chi connectivity index (χ3n) is 7.82. The van der Waals surface area contributed by atoms with Gasteiger partial charge in [-0.15, -0.1) is 0 Å². The van der Waals surface area contributed by atoms with Gasteiger partial charge in [-0.05, 0) is 52.1 Å².